The molecule has 0 unspecified atom stereocenters. The molecule has 0 spiro atoms. The minimum Gasteiger partial charge on any atom is -0.456 e. The van der Waals surface area contributed by atoms with Crippen molar-refractivity contribution in [3.05, 3.63) is 156 Å². The van der Waals surface area contributed by atoms with Crippen LogP contribution in [-0.2, 0) is 0 Å². The molecule has 3 aromatic heterocycles. The highest BCUT2D eigenvalue weighted by molar-refractivity contribution is 9.10. The van der Waals surface area contributed by atoms with Crippen molar-refractivity contribution in [3.63, 3.8) is 0 Å². The van der Waals surface area contributed by atoms with Crippen LogP contribution in [0.4, 0.5) is 0 Å². The summed E-state index contributed by atoms with van der Waals surface area (Å²) in [4.78, 5) is 0. The van der Waals surface area contributed by atoms with Crippen molar-refractivity contribution in [2.45, 2.75) is 0 Å². The number of aromatic nitrogens is 2. The molecule has 3 nitrogen and oxygen atoms in total. The van der Waals surface area contributed by atoms with Crippen molar-refractivity contribution < 1.29 is 4.42 Å². The predicted molar refractivity (Wildman–Crippen MR) is 196 cm³/mol. The number of rotatable bonds is 3. The fourth-order valence-electron chi connectivity index (χ4n) is 7.38. The minimum absolute atomic E-state index is 0.890. The minimum atomic E-state index is 0.890. The fraction of sp³-hybridized carbons (Fsp3) is 0. The van der Waals surface area contributed by atoms with E-state index < -0.39 is 0 Å². The zero-order chi connectivity index (χ0) is 30.4. The molecule has 0 aliphatic rings. The van der Waals surface area contributed by atoms with Crippen LogP contribution in [0.15, 0.2) is 161 Å². The lowest BCUT2D eigenvalue weighted by molar-refractivity contribution is 0.669. The zero-order valence-electron chi connectivity index (χ0n) is 24.6. The van der Waals surface area contributed by atoms with Gasteiger partial charge in [0.25, 0.3) is 0 Å². The van der Waals surface area contributed by atoms with Crippen LogP contribution in [0.3, 0.4) is 0 Å². The summed E-state index contributed by atoms with van der Waals surface area (Å²) in [5.74, 6) is 0. The Labute approximate surface area is 272 Å². The first-order chi connectivity index (χ1) is 22.7. The zero-order valence-corrected chi connectivity index (χ0v) is 26.2. The van der Waals surface area contributed by atoms with E-state index in [-0.39, 0.29) is 0 Å². The summed E-state index contributed by atoms with van der Waals surface area (Å²) in [5, 5.41) is 7.17. The second-order valence-electron chi connectivity index (χ2n) is 11.9. The molecule has 7 aromatic carbocycles. The molecule has 0 bridgehead atoms. The van der Waals surface area contributed by atoms with E-state index in [2.05, 4.69) is 165 Å². The second-order valence-corrected chi connectivity index (χ2v) is 12.7. The fourth-order valence-corrected chi connectivity index (χ4v) is 7.95. The van der Waals surface area contributed by atoms with E-state index in [0.717, 1.165) is 43.3 Å². The van der Waals surface area contributed by atoms with Gasteiger partial charge < -0.3 is 13.6 Å². The molecule has 0 radical (unpaired) electrons. The molecule has 10 rings (SSSR count). The monoisotopic (exact) mass is 652 g/mol. The predicted octanol–water partition coefficient (Wildman–Crippen LogP) is 12.2. The van der Waals surface area contributed by atoms with Crippen LogP contribution in [0, 0.1) is 0 Å². The molecule has 0 saturated carbocycles. The van der Waals surface area contributed by atoms with Crippen LogP contribution in [0.2, 0.25) is 0 Å². The smallest absolute Gasteiger partial charge is 0.136 e. The van der Waals surface area contributed by atoms with Gasteiger partial charge in [-0.1, -0.05) is 101 Å². The Morgan fingerprint density at radius 2 is 1.00 bits per heavy atom. The molecule has 0 N–H and O–H groups in total. The molecule has 0 fully saturated rings. The second kappa shape index (κ2) is 9.71. The molecule has 0 saturated heterocycles. The van der Waals surface area contributed by atoms with E-state index in [0.29, 0.717) is 0 Å². The first kappa shape index (κ1) is 25.7. The molecule has 3 heterocycles. The number of furan rings is 1. The van der Waals surface area contributed by atoms with Gasteiger partial charge in [0, 0.05) is 48.2 Å². The molecular formula is C42H25BrN2O. The SMILES string of the molecule is Brc1cccc2oc3ccc(-c4ccc5c(c4)c4ccc6c7ccccc7n(-c7ccccc7)c6c4n5-c4ccccc4)cc3c12. The largest absolute Gasteiger partial charge is 0.456 e. The summed E-state index contributed by atoms with van der Waals surface area (Å²) in [6.45, 7) is 0. The molecule has 46 heavy (non-hydrogen) atoms. The van der Waals surface area contributed by atoms with Gasteiger partial charge >= 0.3 is 0 Å². The Hall–Kier alpha value is -5.58. The van der Waals surface area contributed by atoms with Crippen molar-refractivity contribution in [1.29, 1.82) is 0 Å². The van der Waals surface area contributed by atoms with Gasteiger partial charge in [-0.15, -0.1) is 0 Å². The van der Waals surface area contributed by atoms with Crippen molar-refractivity contribution in [1.82, 2.24) is 9.13 Å². The molecule has 4 heteroatoms. The van der Waals surface area contributed by atoms with Crippen LogP contribution < -0.4 is 0 Å². The lowest BCUT2D eigenvalue weighted by atomic mass is 10.0. The van der Waals surface area contributed by atoms with E-state index in [1.54, 1.807) is 0 Å². The maximum absolute atomic E-state index is 6.18. The topological polar surface area (TPSA) is 23.0 Å². The van der Waals surface area contributed by atoms with Crippen LogP contribution >= 0.6 is 15.9 Å². The summed E-state index contributed by atoms with van der Waals surface area (Å²) in [6.07, 6.45) is 0. The van der Waals surface area contributed by atoms with Crippen LogP contribution in [0.5, 0.6) is 0 Å². The number of benzene rings is 7. The quantitative estimate of drug-likeness (QED) is 0.186. The molecule has 216 valence electrons. The van der Waals surface area contributed by atoms with Gasteiger partial charge in [0.2, 0.25) is 0 Å². The first-order valence-electron chi connectivity index (χ1n) is 15.5. The molecular weight excluding hydrogens is 628 g/mol. The van der Waals surface area contributed by atoms with Gasteiger partial charge in [-0.25, -0.2) is 0 Å². The summed E-state index contributed by atoms with van der Waals surface area (Å²) >= 11 is 3.75. The number of hydrogen-bond donors (Lipinski definition) is 0. The Kier molecular flexibility index (Phi) is 5.43. The van der Waals surface area contributed by atoms with Crippen LogP contribution in [-0.4, -0.2) is 9.13 Å². The Morgan fingerprint density at radius 3 is 1.72 bits per heavy atom. The summed E-state index contributed by atoms with van der Waals surface area (Å²) in [7, 11) is 0. The number of hydrogen-bond acceptors (Lipinski definition) is 1. The maximum Gasteiger partial charge on any atom is 0.136 e. The van der Waals surface area contributed by atoms with Gasteiger partial charge in [-0.2, -0.15) is 0 Å². The van der Waals surface area contributed by atoms with Crippen molar-refractivity contribution in [2.24, 2.45) is 0 Å². The van der Waals surface area contributed by atoms with Crippen LogP contribution in [0.1, 0.15) is 0 Å². The average molecular weight is 654 g/mol. The molecule has 0 atom stereocenters. The van der Waals surface area contributed by atoms with Gasteiger partial charge in [0.15, 0.2) is 0 Å². The average Bonchev–Trinajstić information content (AvgIpc) is 3.76. The van der Waals surface area contributed by atoms with Crippen molar-refractivity contribution in [2.75, 3.05) is 0 Å². The summed E-state index contributed by atoms with van der Waals surface area (Å²) in [6, 6.07) is 54.4. The molecule has 0 aliphatic carbocycles. The van der Waals surface area contributed by atoms with E-state index in [4.69, 9.17) is 4.42 Å². The highest BCUT2D eigenvalue weighted by Gasteiger charge is 2.21. The molecule has 0 aliphatic heterocycles. The van der Waals surface area contributed by atoms with Crippen molar-refractivity contribution >= 4 is 81.5 Å². The number of halogens is 1. The maximum atomic E-state index is 6.18. The van der Waals surface area contributed by atoms with Gasteiger partial charge in [0.05, 0.1) is 22.1 Å². The van der Waals surface area contributed by atoms with E-state index in [9.17, 15) is 0 Å². The standard InChI is InChI=1S/C42H25BrN2O/c43-35-15-9-17-39-40(35)34-25-27(19-23-38(34)46-39)26-18-22-37-33(24-26)32-21-20-31-30-14-7-8-16-36(30)44(28-10-3-1-4-11-28)41(31)42(32)45(37)29-12-5-2-6-13-29/h1-25H. The third-order valence-electron chi connectivity index (χ3n) is 9.37. The van der Waals surface area contributed by atoms with E-state index >= 15 is 0 Å². The third-order valence-corrected chi connectivity index (χ3v) is 10.0. The van der Waals surface area contributed by atoms with E-state index in [1.165, 1.54) is 49.2 Å². The first-order valence-corrected chi connectivity index (χ1v) is 16.3. The lowest BCUT2D eigenvalue weighted by Crippen LogP contribution is -1.98. The summed E-state index contributed by atoms with van der Waals surface area (Å²) in [5.41, 5.74) is 11.2. The number of fused-ring (bicyclic) bond motifs is 10. The Morgan fingerprint density at radius 1 is 0.413 bits per heavy atom. The highest BCUT2D eigenvalue weighted by Crippen LogP contribution is 2.43. The van der Waals surface area contributed by atoms with Crippen molar-refractivity contribution in [3.8, 4) is 22.5 Å². The summed E-state index contributed by atoms with van der Waals surface area (Å²) < 4.78 is 12.1. The molecule has 10 aromatic rings. The van der Waals surface area contributed by atoms with Gasteiger partial charge in [0.1, 0.15) is 11.2 Å². The Bertz CT molecular complexity index is 2800. The normalized spacial score (nSPS) is 12.0. The number of nitrogens with zero attached hydrogens (tertiary/aromatic N) is 2. The van der Waals surface area contributed by atoms with Gasteiger partial charge in [-0.3, -0.25) is 0 Å². The Balaban J connectivity index is 1.33. The number of para-hydroxylation sites is 3. The lowest BCUT2D eigenvalue weighted by Gasteiger charge is -2.12. The third kappa shape index (κ3) is 3.59. The van der Waals surface area contributed by atoms with E-state index in [1.807, 2.05) is 12.1 Å². The van der Waals surface area contributed by atoms with Crippen LogP contribution in [0.25, 0.3) is 88.1 Å². The van der Waals surface area contributed by atoms with Gasteiger partial charge in [-0.05, 0) is 77.9 Å². The highest BCUT2D eigenvalue weighted by atomic mass is 79.9. The molecule has 0 amide bonds.